The van der Waals surface area contributed by atoms with Crippen LogP contribution in [-0.4, -0.2) is 41.4 Å². The van der Waals surface area contributed by atoms with E-state index in [2.05, 4.69) is 36.2 Å². The Balaban J connectivity index is 2.17. The lowest BCUT2D eigenvalue weighted by molar-refractivity contribution is -0.125. The van der Waals surface area contributed by atoms with Gasteiger partial charge in [0.05, 0.1) is 16.2 Å². The summed E-state index contributed by atoms with van der Waals surface area (Å²) in [7, 11) is 1.44. The number of hydrogen-bond acceptors (Lipinski definition) is 6. The number of amides is 1. The maximum atomic E-state index is 12.5. The number of H-pyrrole nitrogens is 1. The molecule has 0 saturated heterocycles. The molecule has 140 valence electrons. The topological polar surface area (TPSA) is 92.8 Å². The smallest absolute Gasteiger partial charge is 0.272 e. The Labute approximate surface area is 163 Å². The van der Waals surface area contributed by atoms with E-state index in [1.165, 1.54) is 25.1 Å². The summed E-state index contributed by atoms with van der Waals surface area (Å²) in [5, 5.41) is 7.33. The van der Waals surface area contributed by atoms with Crippen molar-refractivity contribution in [1.82, 2.24) is 10.3 Å². The standard InChI is InChI=1S/C17H20BrN3O4S/c1-17(2,9-19-24-3)21-15(23)16(26-4)25-11-5-6-13-10(7-11)8-12(18)14(22)20-13/h5-9,16H,1-4H3,(H,20,22)(H,21,23)/b19-9+. The summed E-state index contributed by atoms with van der Waals surface area (Å²) in [6, 6.07) is 6.92. The van der Waals surface area contributed by atoms with Gasteiger partial charge in [0, 0.05) is 10.9 Å². The Morgan fingerprint density at radius 3 is 2.81 bits per heavy atom. The van der Waals surface area contributed by atoms with Gasteiger partial charge in [0.2, 0.25) is 5.44 Å². The fraction of sp³-hybridized carbons (Fsp3) is 0.353. The zero-order valence-electron chi connectivity index (χ0n) is 14.8. The Hall–Kier alpha value is -2.00. The molecule has 26 heavy (non-hydrogen) atoms. The molecule has 1 heterocycles. The third-order valence-corrected chi connectivity index (χ3v) is 4.70. The SMILES string of the molecule is CO/N=C/C(C)(C)NC(=O)C(Oc1ccc2[nH]c(=O)c(Br)cc2c1)SC. The summed E-state index contributed by atoms with van der Waals surface area (Å²) in [6.07, 6.45) is 3.29. The van der Waals surface area contributed by atoms with Crippen molar-refractivity contribution in [1.29, 1.82) is 0 Å². The van der Waals surface area contributed by atoms with Crippen molar-refractivity contribution in [3.63, 3.8) is 0 Å². The van der Waals surface area contributed by atoms with E-state index in [-0.39, 0.29) is 11.5 Å². The van der Waals surface area contributed by atoms with E-state index < -0.39 is 11.0 Å². The van der Waals surface area contributed by atoms with Gasteiger partial charge in [-0.2, -0.15) is 0 Å². The molecule has 0 fully saturated rings. The molecule has 1 unspecified atom stereocenters. The molecule has 1 aromatic heterocycles. The summed E-state index contributed by atoms with van der Waals surface area (Å²) in [6.45, 7) is 3.60. The van der Waals surface area contributed by atoms with Gasteiger partial charge in [-0.15, -0.1) is 11.8 Å². The molecule has 0 radical (unpaired) electrons. The molecule has 2 aromatic rings. The number of benzene rings is 1. The Kier molecular flexibility index (Phi) is 6.71. The third kappa shape index (κ3) is 5.25. The predicted octanol–water partition coefficient (Wildman–Crippen LogP) is 2.89. The van der Waals surface area contributed by atoms with Crippen LogP contribution in [0, 0.1) is 0 Å². The molecule has 0 spiro atoms. The quantitative estimate of drug-likeness (QED) is 0.391. The van der Waals surface area contributed by atoms with Crippen LogP contribution < -0.4 is 15.6 Å². The number of ether oxygens (including phenoxy) is 1. The minimum Gasteiger partial charge on any atom is -0.470 e. The molecule has 7 nitrogen and oxygen atoms in total. The molecule has 0 aliphatic rings. The van der Waals surface area contributed by atoms with Crippen LogP contribution in [0.15, 0.2) is 38.7 Å². The van der Waals surface area contributed by atoms with Crippen LogP contribution in [0.2, 0.25) is 0 Å². The van der Waals surface area contributed by atoms with E-state index in [9.17, 15) is 9.59 Å². The van der Waals surface area contributed by atoms with Gasteiger partial charge in [-0.1, -0.05) is 5.16 Å². The number of oxime groups is 1. The first-order chi connectivity index (χ1) is 12.3. The first-order valence-corrected chi connectivity index (χ1v) is 9.75. The number of aromatic amines is 1. The fourth-order valence-electron chi connectivity index (χ4n) is 2.16. The zero-order chi connectivity index (χ0) is 19.3. The molecule has 1 aromatic carbocycles. The van der Waals surface area contributed by atoms with E-state index in [1.54, 1.807) is 44.4 Å². The van der Waals surface area contributed by atoms with Crippen LogP contribution >= 0.6 is 27.7 Å². The largest absolute Gasteiger partial charge is 0.470 e. The number of nitrogens with zero attached hydrogens (tertiary/aromatic N) is 1. The van der Waals surface area contributed by atoms with Crippen LogP contribution in [0.4, 0.5) is 0 Å². The van der Waals surface area contributed by atoms with Crippen LogP contribution in [0.5, 0.6) is 5.75 Å². The second-order valence-corrected chi connectivity index (χ2v) is 7.76. The number of pyridine rings is 1. The normalized spacial score (nSPS) is 13.0. The number of thioether (sulfide) groups is 1. The monoisotopic (exact) mass is 441 g/mol. The number of aromatic nitrogens is 1. The minimum atomic E-state index is -0.742. The number of carbonyl (C=O) groups excluding carboxylic acids is 1. The van der Waals surface area contributed by atoms with Crippen molar-refractivity contribution < 1.29 is 14.4 Å². The molecule has 1 amide bonds. The number of rotatable bonds is 7. The molecule has 2 rings (SSSR count). The Morgan fingerprint density at radius 1 is 1.42 bits per heavy atom. The predicted molar refractivity (Wildman–Crippen MR) is 108 cm³/mol. The van der Waals surface area contributed by atoms with Gasteiger partial charge in [-0.05, 0) is 60.3 Å². The van der Waals surface area contributed by atoms with E-state index in [1.807, 2.05) is 0 Å². The van der Waals surface area contributed by atoms with Crippen LogP contribution in [-0.2, 0) is 9.63 Å². The highest BCUT2D eigenvalue weighted by molar-refractivity contribution is 9.10. The van der Waals surface area contributed by atoms with Crippen molar-refractivity contribution in [2.75, 3.05) is 13.4 Å². The fourth-order valence-corrected chi connectivity index (χ4v) is 2.98. The minimum absolute atomic E-state index is 0.201. The van der Waals surface area contributed by atoms with E-state index in [0.717, 1.165) is 5.39 Å². The summed E-state index contributed by atoms with van der Waals surface area (Å²) >= 11 is 4.48. The van der Waals surface area contributed by atoms with Gasteiger partial charge in [-0.3, -0.25) is 9.59 Å². The lowest BCUT2D eigenvalue weighted by Gasteiger charge is -2.24. The molecule has 0 saturated carbocycles. The molecular formula is C17H20BrN3O4S. The number of halogens is 1. The highest BCUT2D eigenvalue weighted by Crippen LogP contribution is 2.23. The van der Waals surface area contributed by atoms with Gasteiger partial charge in [-0.25, -0.2) is 0 Å². The number of carbonyl (C=O) groups is 1. The van der Waals surface area contributed by atoms with Crippen molar-refractivity contribution in [2.45, 2.75) is 24.8 Å². The van der Waals surface area contributed by atoms with Crippen LogP contribution in [0.25, 0.3) is 10.9 Å². The van der Waals surface area contributed by atoms with E-state index in [4.69, 9.17) is 4.74 Å². The second kappa shape index (κ2) is 8.59. The lowest BCUT2D eigenvalue weighted by Crippen LogP contribution is -2.49. The highest BCUT2D eigenvalue weighted by Gasteiger charge is 2.26. The van der Waals surface area contributed by atoms with Crippen molar-refractivity contribution in [3.05, 3.63) is 39.1 Å². The summed E-state index contributed by atoms with van der Waals surface area (Å²) in [4.78, 5) is 31.5. The first-order valence-electron chi connectivity index (χ1n) is 7.67. The molecule has 0 aliphatic carbocycles. The van der Waals surface area contributed by atoms with E-state index >= 15 is 0 Å². The zero-order valence-corrected chi connectivity index (χ0v) is 17.2. The highest BCUT2D eigenvalue weighted by atomic mass is 79.9. The molecule has 0 aliphatic heterocycles. The van der Waals surface area contributed by atoms with Crippen molar-refractivity contribution in [2.24, 2.45) is 5.16 Å². The second-order valence-electron chi connectivity index (χ2n) is 6.01. The maximum absolute atomic E-state index is 12.5. The van der Waals surface area contributed by atoms with Gasteiger partial charge < -0.3 is 19.9 Å². The summed E-state index contributed by atoms with van der Waals surface area (Å²) in [5.41, 5.74) is -0.938. The Bertz CT molecular complexity index is 882. The van der Waals surface area contributed by atoms with Crippen LogP contribution in [0.3, 0.4) is 0 Å². The Morgan fingerprint density at radius 2 is 2.15 bits per heavy atom. The van der Waals surface area contributed by atoms with Crippen LogP contribution in [0.1, 0.15) is 13.8 Å². The maximum Gasteiger partial charge on any atom is 0.272 e. The third-order valence-electron chi connectivity index (χ3n) is 3.37. The van der Waals surface area contributed by atoms with Gasteiger partial charge in [0.1, 0.15) is 12.9 Å². The summed E-state index contributed by atoms with van der Waals surface area (Å²) < 4.78 is 6.25. The molecule has 1 atom stereocenters. The summed E-state index contributed by atoms with van der Waals surface area (Å²) in [5.74, 6) is 0.238. The molecule has 2 N–H and O–H groups in total. The van der Waals surface area contributed by atoms with Crippen molar-refractivity contribution >= 4 is 50.7 Å². The average molecular weight is 442 g/mol. The van der Waals surface area contributed by atoms with Gasteiger partial charge in [0.25, 0.3) is 11.5 Å². The lowest BCUT2D eigenvalue weighted by atomic mass is 10.1. The molecule has 0 bridgehead atoms. The average Bonchev–Trinajstić information content (AvgIpc) is 2.58. The number of nitrogens with one attached hydrogen (secondary N) is 2. The van der Waals surface area contributed by atoms with Gasteiger partial charge >= 0.3 is 0 Å². The number of hydrogen-bond donors (Lipinski definition) is 2. The van der Waals surface area contributed by atoms with E-state index in [0.29, 0.717) is 15.7 Å². The molecular weight excluding hydrogens is 422 g/mol. The van der Waals surface area contributed by atoms with Crippen molar-refractivity contribution in [3.8, 4) is 5.75 Å². The molecule has 9 heteroatoms. The number of fused-ring (bicyclic) bond motifs is 1. The first kappa shape index (κ1) is 20.3. The van der Waals surface area contributed by atoms with Gasteiger partial charge in [0.15, 0.2) is 0 Å².